The van der Waals surface area contributed by atoms with Crippen LogP contribution in [0.5, 0.6) is 17.2 Å². The molecule has 0 spiro atoms. The minimum atomic E-state index is -0.888. The second-order valence-corrected chi connectivity index (χ2v) is 6.66. The lowest BCUT2D eigenvalue weighted by atomic mass is 10.2. The summed E-state index contributed by atoms with van der Waals surface area (Å²) in [5.74, 6) is -0.638. The number of carbonyl (C=O) groups is 3. The third kappa shape index (κ3) is 7.59. The molecule has 2 rings (SSSR count). The van der Waals surface area contributed by atoms with Crippen LogP contribution in [0.15, 0.2) is 59.6 Å². The van der Waals surface area contributed by atoms with Crippen molar-refractivity contribution >= 4 is 34.0 Å². The number of unbranched alkanes of at least 4 members (excludes halogenated alkanes) is 1. The first-order valence-corrected chi connectivity index (χ1v) is 9.63. The molecule has 0 unspecified atom stereocenters. The summed E-state index contributed by atoms with van der Waals surface area (Å²) in [4.78, 5) is 34.7. The van der Waals surface area contributed by atoms with Crippen LogP contribution < -0.4 is 9.47 Å². The van der Waals surface area contributed by atoms with Crippen LogP contribution in [0.3, 0.4) is 0 Å². The maximum Gasteiger partial charge on any atom is 0.513 e. The maximum atomic E-state index is 12.2. The number of hydrogen-bond acceptors (Lipinski definition) is 8. The number of benzene rings is 2. The number of ether oxygens (including phenoxy) is 4. The Labute approximate surface area is 181 Å². The van der Waals surface area contributed by atoms with Gasteiger partial charge in [0.15, 0.2) is 0 Å². The number of halogens is 1. The van der Waals surface area contributed by atoms with Crippen molar-refractivity contribution in [2.75, 3.05) is 13.2 Å². The van der Waals surface area contributed by atoms with Gasteiger partial charge in [-0.1, -0.05) is 6.58 Å². The molecule has 0 saturated heterocycles. The van der Waals surface area contributed by atoms with Gasteiger partial charge in [0, 0.05) is 6.08 Å². The first-order chi connectivity index (χ1) is 14.4. The van der Waals surface area contributed by atoms with Crippen LogP contribution >= 0.6 is 15.9 Å². The fourth-order valence-corrected chi connectivity index (χ4v) is 2.56. The Bertz CT molecular complexity index is 908. The third-order valence-corrected chi connectivity index (χ3v) is 4.20. The number of carbonyl (C=O) groups excluding carboxylic acids is 3. The second kappa shape index (κ2) is 11.6. The smallest absolute Gasteiger partial charge is 0.508 e. The SMILES string of the molecule is C=CC(=O)OCCCCOC(=O)Oc1ccc(C(=O)Oc2ccc(O)cc2Br)cc1. The largest absolute Gasteiger partial charge is 0.513 e. The minimum absolute atomic E-state index is 0.0335. The molecule has 8 nitrogen and oxygen atoms in total. The van der Waals surface area contributed by atoms with Gasteiger partial charge in [0.05, 0.1) is 23.2 Å². The Kier molecular flexibility index (Phi) is 8.89. The molecule has 0 bridgehead atoms. The topological polar surface area (TPSA) is 108 Å². The van der Waals surface area contributed by atoms with E-state index in [2.05, 4.69) is 22.5 Å². The van der Waals surface area contributed by atoms with E-state index in [1.807, 2.05) is 0 Å². The maximum absolute atomic E-state index is 12.2. The van der Waals surface area contributed by atoms with Gasteiger partial charge >= 0.3 is 18.1 Å². The molecule has 2 aromatic rings. The molecular formula is C21H19BrO8. The molecule has 2 aromatic carbocycles. The molecule has 1 N–H and O–H groups in total. The van der Waals surface area contributed by atoms with Crippen molar-refractivity contribution in [1.29, 1.82) is 0 Å². The Morgan fingerprint density at radius 2 is 1.63 bits per heavy atom. The first-order valence-electron chi connectivity index (χ1n) is 8.83. The molecular weight excluding hydrogens is 460 g/mol. The molecule has 0 aromatic heterocycles. The predicted molar refractivity (Wildman–Crippen MR) is 110 cm³/mol. The van der Waals surface area contributed by atoms with Gasteiger partial charge in [-0.25, -0.2) is 14.4 Å². The van der Waals surface area contributed by atoms with Crippen molar-refractivity contribution in [1.82, 2.24) is 0 Å². The lowest BCUT2D eigenvalue weighted by molar-refractivity contribution is -0.137. The second-order valence-electron chi connectivity index (χ2n) is 5.81. The number of hydrogen-bond donors (Lipinski definition) is 1. The summed E-state index contributed by atoms with van der Waals surface area (Å²) in [6.07, 6.45) is 1.21. The molecule has 0 aliphatic carbocycles. The fraction of sp³-hybridized carbons (Fsp3) is 0.190. The molecule has 0 aliphatic rings. The Balaban J connectivity index is 1.75. The highest BCUT2D eigenvalue weighted by Gasteiger charge is 2.13. The zero-order chi connectivity index (χ0) is 21.9. The highest BCUT2D eigenvalue weighted by molar-refractivity contribution is 9.10. The summed E-state index contributed by atoms with van der Waals surface area (Å²) >= 11 is 3.20. The monoisotopic (exact) mass is 478 g/mol. The van der Waals surface area contributed by atoms with Crippen LogP contribution in [-0.4, -0.2) is 36.4 Å². The Hall–Kier alpha value is -3.33. The highest BCUT2D eigenvalue weighted by atomic mass is 79.9. The third-order valence-electron chi connectivity index (χ3n) is 3.58. The van der Waals surface area contributed by atoms with Gasteiger partial charge in [-0.15, -0.1) is 0 Å². The predicted octanol–water partition coefficient (Wildman–Crippen LogP) is 4.40. The van der Waals surface area contributed by atoms with Crippen molar-refractivity contribution < 1.29 is 38.4 Å². The summed E-state index contributed by atoms with van der Waals surface area (Å²) in [6.45, 7) is 3.60. The summed E-state index contributed by atoms with van der Waals surface area (Å²) in [6, 6.07) is 9.98. The molecule has 158 valence electrons. The van der Waals surface area contributed by atoms with Crippen LogP contribution in [0, 0.1) is 0 Å². The van der Waals surface area contributed by atoms with Gasteiger partial charge in [0.2, 0.25) is 0 Å². The summed E-state index contributed by atoms with van der Waals surface area (Å²) in [7, 11) is 0. The number of aromatic hydroxyl groups is 1. The fourth-order valence-electron chi connectivity index (χ4n) is 2.11. The van der Waals surface area contributed by atoms with Gasteiger partial charge in [-0.2, -0.15) is 0 Å². The molecule has 0 atom stereocenters. The van der Waals surface area contributed by atoms with E-state index in [1.165, 1.54) is 42.5 Å². The highest BCUT2D eigenvalue weighted by Crippen LogP contribution is 2.29. The van der Waals surface area contributed by atoms with Crippen LogP contribution in [0.2, 0.25) is 0 Å². The van der Waals surface area contributed by atoms with Crippen LogP contribution in [-0.2, 0) is 14.3 Å². The van der Waals surface area contributed by atoms with E-state index in [4.69, 9.17) is 18.9 Å². The van der Waals surface area contributed by atoms with Crippen molar-refractivity contribution in [3.05, 3.63) is 65.2 Å². The van der Waals surface area contributed by atoms with Gasteiger partial charge in [-0.3, -0.25) is 0 Å². The van der Waals surface area contributed by atoms with Gasteiger partial charge in [-0.05, 0) is 71.2 Å². The number of phenolic OH excluding ortho intramolecular Hbond substituents is 1. The number of phenols is 1. The molecule has 30 heavy (non-hydrogen) atoms. The van der Waals surface area contributed by atoms with E-state index >= 15 is 0 Å². The van der Waals surface area contributed by atoms with E-state index in [1.54, 1.807) is 0 Å². The molecule has 0 saturated carbocycles. The lowest BCUT2D eigenvalue weighted by Crippen LogP contribution is -2.12. The van der Waals surface area contributed by atoms with Crippen LogP contribution in [0.25, 0.3) is 0 Å². The van der Waals surface area contributed by atoms with E-state index in [0.717, 1.165) is 6.08 Å². The van der Waals surface area contributed by atoms with Crippen molar-refractivity contribution in [2.45, 2.75) is 12.8 Å². The van der Waals surface area contributed by atoms with E-state index in [0.29, 0.717) is 17.3 Å². The van der Waals surface area contributed by atoms with Crippen molar-refractivity contribution in [3.63, 3.8) is 0 Å². The van der Waals surface area contributed by atoms with Crippen molar-refractivity contribution in [3.8, 4) is 17.2 Å². The molecule has 0 amide bonds. The Morgan fingerprint density at radius 3 is 2.27 bits per heavy atom. The van der Waals surface area contributed by atoms with Crippen LogP contribution in [0.1, 0.15) is 23.2 Å². The molecule has 0 heterocycles. The van der Waals surface area contributed by atoms with E-state index in [9.17, 15) is 19.5 Å². The van der Waals surface area contributed by atoms with Gasteiger partial charge in [0.1, 0.15) is 17.2 Å². The number of esters is 2. The summed E-state index contributed by atoms with van der Waals surface area (Å²) in [5.41, 5.74) is 0.241. The lowest BCUT2D eigenvalue weighted by Gasteiger charge is -2.08. The van der Waals surface area contributed by atoms with E-state index < -0.39 is 18.1 Å². The minimum Gasteiger partial charge on any atom is -0.508 e. The summed E-state index contributed by atoms with van der Waals surface area (Å²) in [5, 5.41) is 9.37. The normalized spacial score (nSPS) is 10.0. The standard InChI is InChI=1S/C21H19BrO8/c1-2-19(24)27-11-3-4-12-28-21(26)29-16-8-5-14(6-9-16)20(25)30-18-10-7-15(23)13-17(18)22/h2,5-10,13,23H,1,3-4,11-12H2. The first kappa shape index (κ1) is 23.0. The van der Waals surface area contributed by atoms with Gasteiger partial charge in [0.25, 0.3) is 0 Å². The molecule has 0 radical (unpaired) electrons. The zero-order valence-electron chi connectivity index (χ0n) is 15.8. The quantitative estimate of drug-likeness (QED) is 0.185. The molecule has 0 aliphatic heterocycles. The number of rotatable bonds is 9. The summed E-state index contributed by atoms with van der Waals surface area (Å²) < 4.78 is 20.4. The van der Waals surface area contributed by atoms with E-state index in [-0.39, 0.29) is 36.0 Å². The Morgan fingerprint density at radius 1 is 0.967 bits per heavy atom. The van der Waals surface area contributed by atoms with Gasteiger partial charge < -0.3 is 24.1 Å². The van der Waals surface area contributed by atoms with Crippen molar-refractivity contribution in [2.24, 2.45) is 0 Å². The molecule has 0 fully saturated rings. The van der Waals surface area contributed by atoms with Crippen LogP contribution in [0.4, 0.5) is 4.79 Å². The average molecular weight is 479 g/mol. The molecule has 9 heteroatoms. The average Bonchev–Trinajstić information content (AvgIpc) is 2.72. The zero-order valence-corrected chi connectivity index (χ0v) is 17.4.